The van der Waals surface area contributed by atoms with Gasteiger partial charge in [0.1, 0.15) is 22.3 Å². The first-order valence-electron chi connectivity index (χ1n) is 23.5. The van der Waals surface area contributed by atoms with Crippen LogP contribution in [0.5, 0.6) is 0 Å². The van der Waals surface area contributed by atoms with E-state index in [2.05, 4.69) is 191 Å². The number of hydrogen-bond donors (Lipinski definition) is 0. The van der Waals surface area contributed by atoms with E-state index in [1.165, 1.54) is 21.5 Å². The predicted octanol–water partition coefficient (Wildman–Crippen LogP) is 16.5. The highest BCUT2D eigenvalue weighted by atomic mass is 16.3. The number of nitrogens with zero attached hydrogens (tertiary/aromatic N) is 5. The van der Waals surface area contributed by atoms with E-state index in [1.807, 2.05) is 42.5 Å². The molecule has 10 aromatic carbocycles. The van der Waals surface area contributed by atoms with E-state index in [0.29, 0.717) is 17.5 Å². The highest BCUT2D eigenvalue weighted by Gasteiger charge is 2.22. The molecule has 326 valence electrons. The zero-order chi connectivity index (χ0) is 45.9. The minimum absolute atomic E-state index is 0.545. The number of furan rings is 2. The SMILES string of the molecule is c1ccc(-c2nc(-c3ccc4c(c3)oc3cc(-n5c6ccccc6c6ccccc65)ccc34)nc(-c3cccc4oc5ccc(-c6cccc7c8ccccc8n(-c8ccccc8)c67)cc5c34)n2)cc1. The molecule has 0 aliphatic carbocycles. The Labute approximate surface area is 399 Å². The van der Waals surface area contributed by atoms with Crippen molar-refractivity contribution in [1.82, 2.24) is 24.1 Å². The summed E-state index contributed by atoms with van der Waals surface area (Å²) in [5, 5.41) is 8.85. The van der Waals surface area contributed by atoms with Gasteiger partial charge in [0, 0.05) is 82.8 Å². The molecule has 0 amide bonds. The summed E-state index contributed by atoms with van der Waals surface area (Å²) in [7, 11) is 0. The monoisotopic (exact) mass is 895 g/mol. The Morgan fingerprint density at radius 1 is 0.286 bits per heavy atom. The minimum atomic E-state index is 0.545. The Morgan fingerprint density at radius 2 is 0.843 bits per heavy atom. The van der Waals surface area contributed by atoms with Crippen molar-refractivity contribution < 1.29 is 8.83 Å². The van der Waals surface area contributed by atoms with Crippen LogP contribution in [0.1, 0.15) is 0 Å². The summed E-state index contributed by atoms with van der Waals surface area (Å²) in [4.78, 5) is 15.6. The van der Waals surface area contributed by atoms with Gasteiger partial charge in [-0.3, -0.25) is 0 Å². The molecule has 0 aliphatic rings. The van der Waals surface area contributed by atoms with E-state index >= 15 is 0 Å². The van der Waals surface area contributed by atoms with Crippen molar-refractivity contribution in [3.63, 3.8) is 0 Å². The first kappa shape index (κ1) is 38.5. The van der Waals surface area contributed by atoms with Gasteiger partial charge in [-0.25, -0.2) is 15.0 Å². The Hall–Kier alpha value is -9.59. The maximum atomic E-state index is 6.73. The van der Waals surface area contributed by atoms with Crippen molar-refractivity contribution in [2.75, 3.05) is 0 Å². The Kier molecular flexibility index (Phi) is 8.23. The van der Waals surface area contributed by atoms with Gasteiger partial charge in [-0.2, -0.15) is 0 Å². The standard InChI is InChI=1S/C63H37N5O2/c1-3-15-38(16-4-1)61-64-62(40-29-32-47-48-33-31-42(37-58(48)70-57(47)36-40)67-52-25-10-7-19-44(52)45-20-8-11-26-53(45)67)66-63(65-61)50-24-14-28-56-59(50)51-35-39(30-34-55(51)69-56)43-22-13-23-49-46-21-9-12-27-54(46)68(60(43)49)41-17-5-2-6-18-41/h1-37H. The zero-order valence-electron chi connectivity index (χ0n) is 37.4. The van der Waals surface area contributed by atoms with Gasteiger partial charge in [0.2, 0.25) is 0 Å². The highest BCUT2D eigenvalue weighted by molar-refractivity contribution is 6.17. The average molecular weight is 896 g/mol. The molecule has 0 fully saturated rings. The molecular weight excluding hydrogens is 859 g/mol. The summed E-state index contributed by atoms with van der Waals surface area (Å²) in [6, 6.07) is 78.5. The van der Waals surface area contributed by atoms with Crippen molar-refractivity contribution in [1.29, 1.82) is 0 Å². The molecule has 15 rings (SSSR count). The van der Waals surface area contributed by atoms with Gasteiger partial charge in [-0.05, 0) is 78.4 Å². The van der Waals surface area contributed by atoms with Gasteiger partial charge >= 0.3 is 0 Å². The second-order valence-corrected chi connectivity index (χ2v) is 17.9. The molecule has 70 heavy (non-hydrogen) atoms. The smallest absolute Gasteiger partial charge is 0.164 e. The largest absolute Gasteiger partial charge is 0.456 e. The Balaban J connectivity index is 0.890. The molecule has 0 aliphatic heterocycles. The quantitative estimate of drug-likeness (QED) is 0.166. The lowest BCUT2D eigenvalue weighted by atomic mass is 9.98. The first-order chi connectivity index (χ1) is 34.7. The van der Waals surface area contributed by atoms with E-state index in [-0.39, 0.29) is 0 Å². The van der Waals surface area contributed by atoms with E-state index < -0.39 is 0 Å². The number of para-hydroxylation sites is 5. The summed E-state index contributed by atoms with van der Waals surface area (Å²) < 4.78 is 18.1. The molecule has 0 unspecified atom stereocenters. The Bertz CT molecular complexity index is 4540. The number of rotatable bonds is 6. The third kappa shape index (κ3) is 5.79. The van der Waals surface area contributed by atoms with Crippen LogP contribution >= 0.6 is 0 Å². The van der Waals surface area contributed by atoms with E-state index in [1.54, 1.807) is 0 Å². The van der Waals surface area contributed by atoms with E-state index in [0.717, 1.165) is 105 Å². The van der Waals surface area contributed by atoms with Gasteiger partial charge in [-0.1, -0.05) is 146 Å². The van der Waals surface area contributed by atoms with E-state index in [9.17, 15) is 0 Å². The molecular formula is C63H37N5O2. The topological polar surface area (TPSA) is 74.8 Å². The number of hydrogen-bond acceptors (Lipinski definition) is 5. The Morgan fingerprint density at radius 3 is 1.60 bits per heavy atom. The lowest BCUT2D eigenvalue weighted by Crippen LogP contribution is -2.00. The van der Waals surface area contributed by atoms with Crippen molar-refractivity contribution in [2.24, 2.45) is 0 Å². The van der Waals surface area contributed by atoms with Crippen LogP contribution in [0, 0.1) is 0 Å². The minimum Gasteiger partial charge on any atom is -0.456 e. The number of aromatic nitrogens is 5. The summed E-state index contributed by atoms with van der Waals surface area (Å²) in [5.74, 6) is 1.67. The number of benzene rings is 10. The fraction of sp³-hybridized carbons (Fsp3) is 0. The molecule has 0 radical (unpaired) electrons. The van der Waals surface area contributed by atoms with Crippen molar-refractivity contribution in [2.45, 2.75) is 0 Å². The molecule has 0 spiro atoms. The maximum absolute atomic E-state index is 6.73. The molecule has 7 nitrogen and oxygen atoms in total. The summed E-state index contributed by atoms with van der Waals surface area (Å²) in [6.45, 7) is 0. The fourth-order valence-electron chi connectivity index (χ4n) is 10.9. The fourth-order valence-corrected chi connectivity index (χ4v) is 10.9. The third-order valence-corrected chi connectivity index (χ3v) is 14.0. The molecule has 0 saturated heterocycles. The molecule has 0 N–H and O–H groups in total. The molecule has 0 saturated carbocycles. The lowest BCUT2D eigenvalue weighted by Gasteiger charge is -2.12. The molecule has 0 bridgehead atoms. The number of fused-ring (bicyclic) bond motifs is 12. The lowest BCUT2D eigenvalue weighted by molar-refractivity contribution is 0.668. The molecule has 5 heterocycles. The van der Waals surface area contributed by atoms with Gasteiger partial charge < -0.3 is 18.0 Å². The van der Waals surface area contributed by atoms with Crippen molar-refractivity contribution in [3.05, 3.63) is 224 Å². The third-order valence-electron chi connectivity index (χ3n) is 14.0. The van der Waals surface area contributed by atoms with E-state index in [4.69, 9.17) is 23.8 Å². The normalized spacial score (nSPS) is 12.0. The molecule has 7 heteroatoms. The van der Waals surface area contributed by atoms with Crippen LogP contribution in [0.15, 0.2) is 233 Å². The molecule has 0 atom stereocenters. The maximum Gasteiger partial charge on any atom is 0.164 e. The predicted molar refractivity (Wildman–Crippen MR) is 285 cm³/mol. The van der Waals surface area contributed by atoms with Crippen molar-refractivity contribution >= 4 is 87.5 Å². The van der Waals surface area contributed by atoms with Crippen LogP contribution in [0.3, 0.4) is 0 Å². The van der Waals surface area contributed by atoms with Crippen LogP contribution in [-0.2, 0) is 0 Å². The van der Waals surface area contributed by atoms with Crippen LogP contribution < -0.4 is 0 Å². The van der Waals surface area contributed by atoms with Gasteiger partial charge in [0.15, 0.2) is 17.5 Å². The van der Waals surface area contributed by atoms with Crippen LogP contribution in [0.25, 0.3) is 144 Å². The summed E-state index contributed by atoms with van der Waals surface area (Å²) in [5.41, 5.74) is 14.7. The zero-order valence-corrected chi connectivity index (χ0v) is 37.4. The van der Waals surface area contributed by atoms with Crippen LogP contribution in [-0.4, -0.2) is 24.1 Å². The second kappa shape index (κ2) is 15.0. The van der Waals surface area contributed by atoms with Crippen LogP contribution in [0.2, 0.25) is 0 Å². The average Bonchev–Trinajstić information content (AvgIpc) is 4.18. The molecule has 5 aromatic heterocycles. The second-order valence-electron chi connectivity index (χ2n) is 17.9. The van der Waals surface area contributed by atoms with Gasteiger partial charge in [0.25, 0.3) is 0 Å². The van der Waals surface area contributed by atoms with Crippen molar-refractivity contribution in [3.8, 4) is 56.7 Å². The summed E-state index contributed by atoms with van der Waals surface area (Å²) in [6.07, 6.45) is 0. The molecule has 15 aromatic rings. The summed E-state index contributed by atoms with van der Waals surface area (Å²) >= 11 is 0. The van der Waals surface area contributed by atoms with Crippen LogP contribution in [0.4, 0.5) is 0 Å². The first-order valence-corrected chi connectivity index (χ1v) is 23.5. The highest BCUT2D eigenvalue weighted by Crippen LogP contribution is 2.43. The van der Waals surface area contributed by atoms with Gasteiger partial charge in [-0.15, -0.1) is 0 Å². The van der Waals surface area contributed by atoms with Gasteiger partial charge in [0.05, 0.1) is 22.1 Å².